The molecule has 300 valence electrons. The number of hydrogen-bond donors (Lipinski definition) is 1. The molecule has 10 heteroatoms. The first-order valence-corrected chi connectivity index (χ1v) is 22.3. The molecule has 51 heavy (non-hydrogen) atoms. The Hall–Kier alpha value is -0.480. The van der Waals surface area contributed by atoms with Gasteiger partial charge in [-0.25, -0.2) is 8.42 Å². The number of ether oxygens (including phenoxy) is 1. The van der Waals surface area contributed by atoms with Gasteiger partial charge in [0, 0.05) is 19.4 Å². The zero-order valence-electron chi connectivity index (χ0n) is 34.8. The molecule has 0 aliphatic carbocycles. The van der Waals surface area contributed by atoms with Crippen molar-refractivity contribution in [3.05, 3.63) is 0 Å². The number of esters is 1. The van der Waals surface area contributed by atoms with E-state index in [0.29, 0.717) is 12.2 Å². The van der Waals surface area contributed by atoms with E-state index in [9.17, 15) is 27.4 Å². The van der Waals surface area contributed by atoms with Crippen molar-refractivity contribution >= 4 is 27.8 Å². The third-order valence-corrected chi connectivity index (χ3v) is 9.97. The molecule has 0 heterocycles. The number of rotatable bonds is 33. The zero-order chi connectivity index (χ0) is 38.1. The maximum Gasteiger partial charge on any atom is 1.00 e. The summed E-state index contributed by atoms with van der Waals surface area (Å²) in [7, 11) is -3.51. The summed E-state index contributed by atoms with van der Waals surface area (Å²) in [6, 6.07) is 0. The van der Waals surface area contributed by atoms with Crippen molar-refractivity contribution < 1.29 is 61.6 Å². The second kappa shape index (κ2) is 45.7. The number of methoxy groups -OCH3 is 1. The second-order valence-corrected chi connectivity index (χ2v) is 15.5. The standard InChI is InChI=1S/C15H31NO.C13H26O5S.C13H26O.Na/c1-3-5-6-7-8-9-10-11-12-13-15(17)16-14-4-2;1-3-4-5-6-7-8-9-10-11-12(13(14)18-2)19(15,16)17;1-3-4-5-6-7-8-9-10-11-12-13(2)14;/h3-14H2,1-2H3,(H,16,17);12H,3-11H2,1-2H3,(H,15,16,17);3-12H2,1-2H3;/q;;;+1/p-1. The summed E-state index contributed by atoms with van der Waals surface area (Å²) in [5, 5.41) is 1.37. The van der Waals surface area contributed by atoms with Crippen molar-refractivity contribution in [1.82, 2.24) is 5.32 Å². The van der Waals surface area contributed by atoms with E-state index in [1.54, 1.807) is 6.92 Å². The van der Waals surface area contributed by atoms with Crippen molar-refractivity contribution in [2.45, 2.75) is 232 Å². The summed E-state index contributed by atoms with van der Waals surface area (Å²) in [4.78, 5) is 33.1. The first kappa shape index (κ1) is 57.2. The second-order valence-electron chi connectivity index (χ2n) is 14.0. The normalized spacial score (nSPS) is 11.3. The third kappa shape index (κ3) is 49.5. The predicted octanol–water partition coefficient (Wildman–Crippen LogP) is 8.54. The summed E-state index contributed by atoms with van der Waals surface area (Å²) in [5.74, 6) is -0.374. The molecule has 0 rings (SSSR count). The molecule has 0 aliphatic heterocycles. The molecule has 1 atom stereocenters. The number of nitrogens with one attached hydrogen (secondary N) is 1. The maximum absolute atomic E-state index is 11.3. The predicted molar refractivity (Wildman–Crippen MR) is 210 cm³/mol. The fourth-order valence-electron chi connectivity index (χ4n) is 5.61. The van der Waals surface area contributed by atoms with Crippen molar-refractivity contribution in [1.29, 1.82) is 0 Å². The van der Waals surface area contributed by atoms with Crippen LogP contribution in [0.1, 0.15) is 227 Å². The summed E-state index contributed by atoms with van der Waals surface area (Å²) >= 11 is 0. The minimum absolute atomic E-state index is 0. The fourth-order valence-corrected chi connectivity index (χ4v) is 6.40. The molecule has 0 aliphatic rings. The van der Waals surface area contributed by atoms with Gasteiger partial charge in [0.25, 0.3) is 0 Å². The molecular formula is C41H82NNaO7S. The summed E-state index contributed by atoms with van der Waals surface area (Å²) in [6.45, 7) is 11.3. The number of carbonyl (C=O) groups is 3. The molecule has 0 aromatic rings. The van der Waals surface area contributed by atoms with Crippen molar-refractivity contribution in [3.8, 4) is 0 Å². The van der Waals surface area contributed by atoms with Crippen LogP contribution in [-0.4, -0.2) is 49.5 Å². The molecule has 0 saturated carbocycles. The summed E-state index contributed by atoms with van der Waals surface area (Å²) in [6.07, 6.45) is 34.8. The van der Waals surface area contributed by atoms with Crippen LogP contribution in [0.2, 0.25) is 0 Å². The molecule has 0 saturated heterocycles. The Morgan fingerprint density at radius 3 is 1.20 bits per heavy atom. The van der Waals surface area contributed by atoms with Crippen LogP contribution in [0.5, 0.6) is 0 Å². The van der Waals surface area contributed by atoms with Crippen molar-refractivity contribution in [2.75, 3.05) is 13.7 Å². The molecule has 0 aromatic carbocycles. The van der Waals surface area contributed by atoms with Crippen LogP contribution in [0, 0.1) is 0 Å². The van der Waals surface area contributed by atoms with Gasteiger partial charge in [-0.15, -0.1) is 0 Å². The topological polar surface area (TPSA) is 130 Å². The minimum atomic E-state index is -4.61. The van der Waals surface area contributed by atoms with Gasteiger partial charge in [0.15, 0.2) is 0 Å². The zero-order valence-corrected chi connectivity index (χ0v) is 37.6. The van der Waals surface area contributed by atoms with Crippen LogP contribution in [0.15, 0.2) is 0 Å². The number of hydrogen-bond acceptors (Lipinski definition) is 7. The van der Waals surface area contributed by atoms with Gasteiger partial charge in [-0.1, -0.05) is 182 Å². The summed E-state index contributed by atoms with van der Waals surface area (Å²) < 4.78 is 37.1. The van der Waals surface area contributed by atoms with Crippen LogP contribution in [0.3, 0.4) is 0 Å². The first-order chi connectivity index (χ1) is 24.0. The van der Waals surface area contributed by atoms with Gasteiger partial charge in [0.05, 0.1) is 7.11 Å². The van der Waals surface area contributed by atoms with E-state index in [-0.39, 0.29) is 41.9 Å². The maximum atomic E-state index is 11.3. The SMILES string of the molecule is CCCCCCCCCCC(C(=O)OC)S(=O)(=O)[O-].CCCCCCCCCCCC(=O)NCCC.CCCCCCCCCCCC(C)=O.[Na+]. The Morgan fingerprint density at radius 2 is 0.882 bits per heavy atom. The van der Waals surface area contributed by atoms with E-state index in [1.807, 2.05) is 0 Å². The quantitative estimate of drug-likeness (QED) is 0.0308. The number of carbonyl (C=O) groups excluding carboxylic acids is 3. The van der Waals surface area contributed by atoms with E-state index in [0.717, 1.165) is 65.0 Å². The first-order valence-electron chi connectivity index (χ1n) is 20.8. The number of ketones is 1. The molecule has 0 radical (unpaired) electrons. The van der Waals surface area contributed by atoms with Crippen LogP contribution >= 0.6 is 0 Å². The van der Waals surface area contributed by atoms with Gasteiger partial charge >= 0.3 is 35.5 Å². The molecule has 1 amide bonds. The number of unbranched alkanes of at least 4 members (excludes halogenated alkanes) is 23. The average molecular weight is 756 g/mol. The molecule has 0 spiro atoms. The Kier molecular flexibility index (Phi) is 51.3. The van der Waals surface area contributed by atoms with Crippen LogP contribution < -0.4 is 34.9 Å². The van der Waals surface area contributed by atoms with Gasteiger partial charge in [-0.3, -0.25) is 9.59 Å². The monoisotopic (exact) mass is 756 g/mol. The summed E-state index contributed by atoms with van der Waals surface area (Å²) in [5.41, 5.74) is 0. The van der Waals surface area contributed by atoms with Crippen LogP contribution in [0.4, 0.5) is 0 Å². The Bertz CT molecular complexity index is 855. The largest absolute Gasteiger partial charge is 1.00 e. The number of amides is 1. The molecule has 0 fully saturated rings. The van der Waals surface area contributed by atoms with Gasteiger partial charge in [-0.05, 0) is 32.6 Å². The van der Waals surface area contributed by atoms with Crippen LogP contribution in [-0.2, 0) is 29.2 Å². The fraction of sp³-hybridized carbons (Fsp3) is 0.927. The van der Waals surface area contributed by atoms with E-state index >= 15 is 0 Å². The Morgan fingerprint density at radius 1 is 0.549 bits per heavy atom. The molecular weight excluding hydrogens is 674 g/mol. The van der Waals surface area contributed by atoms with Crippen molar-refractivity contribution in [2.24, 2.45) is 0 Å². The van der Waals surface area contributed by atoms with Gasteiger partial charge in [0.1, 0.15) is 21.2 Å². The Labute approximate surface area is 339 Å². The smallest absolute Gasteiger partial charge is 0.747 e. The minimum Gasteiger partial charge on any atom is -0.747 e. The van der Waals surface area contributed by atoms with Crippen molar-refractivity contribution in [3.63, 3.8) is 0 Å². The van der Waals surface area contributed by atoms with E-state index in [4.69, 9.17) is 0 Å². The molecule has 8 nitrogen and oxygen atoms in total. The van der Waals surface area contributed by atoms with Crippen LogP contribution in [0.25, 0.3) is 0 Å². The number of Topliss-reactive ketones (excluding diaryl/α,β-unsaturated/α-hetero) is 1. The molecule has 1 unspecified atom stereocenters. The van der Waals surface area contributed by atoms with E-state index in [1.165, 1.54) is 128 Å². The van der Waals surface area contributed by atoms with Gasteiger partial charge < -0.3 is 19.4 Å². The Balaban J connectivity index is -0.000000325. The van der Waals surface area contributed by atoms with E-state index in [2.05, 4.69) is 37.7 Å². The van der Waals surface area contributed by atoms with Gasteiger partial charge in [0.2, 0.25) is 5.91 Å². The third-order valence-electron chi connectivity index (χ3n) is 8.84. The molecule has 0 aromatic heterocycles. The molecule has 1 N–H and O–H groups in total. The van der Waals surface area contributed by atoms with Gasteiger partial charge in [-0.2, -0.15) is 0 Å². The molecule has 0 bridgehead atoms. The average Bonchev–Trinajstić information content (AvgIpc) is 3.08. The van der Waals surface area contributed by atoms with E-state index < -0.39 is 21.3 Å².